The van der Waals surface area contributed by atoms with Crippen molar-refractivity contribution in [2.45, 2.75) is 45.4 Å². The minimum absolute atomic E-state index is 0.514. The molecule has 0 radical (unpaired) electrons. The van der Waals surface area contributed by atoms with Gasteiger partial charge in [0, 0.05) is 19.2 Å². The summed E-state index contributed by atoms with van der Waals surface area (Å²) in [6.07, 6.45) is 9.27. The maximum absolute atomic E-state index is 3.97. The van der Waals surface area contributed by atoms with Crippen molar-refractivity contribution in [2.24, 2.45) is 15.3 Å². The van der Waals surface area contributed by atoms with Crippen LogP contribution in [0.5, 0.6) is 0 Å². The molecule has 0 aliphatic carbocycles. The molecule has 0 aliphatic rings. The van der Waals surface area contributed by atoms with Gasteiger partial charge < -0.3 is 0 Å². The molecule has 0 rings (SSSR count). The Kier molecular flexibility index (Phi) is 11.1. The van der Waals surface area contributed by atoms with E-state index in [1.54, 1.807) is 13.1 Å². The molecule has 0 saturated carbocycles. The largest absolute Gasteiger partial charge is 0.291 e. The Morgan fingerprint density at radius 2 is 1.83 bits per heavy atom. The van der Waals surface area contributed by atoms with Crippen LogP contribution in [-0.4, -0.2) is 19.4 Å². The minimum atomic E-state index is 0.514. The molecule has 0 aromatic rings. The number of hydrogen-bond acceptors (Lipinski definition) is 2. The standard InChI is InChI=1S/C14H26N4/c1-5-7-8-9-10-11-12-16-18-17-14(15-4)13(3)6-2/h6H,2-3,5,7-12H2,1,4H3,(H,15,16,17). The summed E-state index contributed by atoms with van der Waals surface area (Å²) in [5.41, 5.74) is 3.61. The Morgan fingerprint density at radius 3 is 2.44 bits per heavy atom. The molecule has 0 amide bonds. The average molecular weight is 250 g/mol. The molecule has 0 aliphatic heterocycles. The molecule has 0 saturated heterocycles. The minimum Gasteiger partial charge on any atom is -0.291 e. The second-order valence-corrected chi connectivity index (χ2v) is 4.15. The van der Waals surface area contributed by atoms with Crippen LogP contribution in [0.2, 0.25) is 0 Å². The van der Waals surface area contributed by atoms with E-state index < -0.39 is 0 Å². The van der Waals surface area contributed by atoms with Gasteiger partial charge in [-0.15, -0.1) is 5.11 Å². The van der Waals surface area contributed by atoms with Crippen molar-refractivity contribution < 1.29 is 0 Å². The molecule has 102 valence electrons. The third-order valence-electron chi connectivity index (χ3n) is 2.60. The van der Waals surface area contributed by atoms with E-state index in [1.807, 2.05) is 0 Å². The topological polar surface area (TPSA) is 49.1 Å². The first kappa shape index (κ1) is 16.6. The molecule has 0 fully saturated rings. The van der Waals surface area contributed by atoms with Gasteiger partial charge in [0.15, 0.2) is 5.84 Å². The van der Waals surface area contributed by atoms with E-state index in [9.17, 15) is 0 Å². The second-order valence-electron chi connectivity index (χ2n) is 4.15. The summed E-state index contributed by atoms with van der Waals surface area (Å²) in [7, 11) is 1.66. The van der Waals surface area contributed by atoms with Gasteiger partial charge >= 0.3 is 0 Å². The van der Waals surface area contributed by atoms with E-state index in [-0.39, 0.29) is 0 Å². The summed E-state index contributed by atoms with van der Waals surface area (Å²) in [6, 6.07) is 0. The zero-order valence-electron chi connectivity index (χ0n) is 11.8. The van der Waals surface area contributed by atoms with Crippen molar-refractivity contribution in [1.29, 1.82) is 0 Å². The van der Waals surface area contributed by atoms with E-state index in [4.69, 9.17) is 0 Å². The van der Waals surface area contributed by atoms with Crippen molar-refractivity contribution in [3.05, 3.63) is 24.8 Å². The number of nitrogens with one attached hydrogen (secondary N) is 1. The average Bonchev–Trinajstić information content (AvgIpc) is 2.40. The highest BCUT2D eigenvalue weighted by molar-refractivity contribution is 6.00. The van der Waals surface area contributed by atoms with E-state index in [0.29, 0.717) is 11.4 Å². The van der Waals surface area contributed by atoms with Gasteiger partial charge in [-0.05, 0) is 6.42 Å². The van der Waals surface area contributed by atoms with Gasteiger partial charge in [0.25, 0.3) is 0 Å². The first-order chi connectivity index (χ1) is 8.76. The Morgan fingerprint density at radius 1 is 1.17 bits per heavy atom. The maximum atomic E-state index is 3.97. The van der Waals surface area contributed by atoms with Crippen LogP contribution in [-0.2, 0) is 0 Å². The van der Waals surface area contributed by atoms with E-state index in [1.165, 1.54) is 32.1 Å². The first-order valence-electron chi connectivity index (χ1n) is 6.68. The van der Waals surface area contributed by atoms with Crippen molar-refractivity contribution >= 4 is 5.84 Å². The zero-order valence-corrected chi connectivity index (χ0v) is 11.8. The number of nitrogens with zero attached hydrogens (tertiary/aromatic N) is 3. The Bertz CT molecular complexity index is 292. The number of unbranched alkanes of at least 4 members (excludes halogenated alkanes) is 5. The quantitative estimate of drug-likeness (QED) is 0.156. The van der Waals surface area contributed by atoms with Crippen molar-refractivity contribution in [3.8, 4) is 0 Å². The summed E-state index contributed by atoms with van der Waals surface area (Å²) < 4.78 is 0. The summed E-state index contributed by atoms with van der Waals surface area (Å²) in [5, 5.41) is 7.83. The van der Waals surface area contributed by atoms with Crippen LogP contribution < -0.4 is 5.43 Å². The highest BCUT2D eigenvalue weighted by Gasteiger charge is 1.96. The molecule has 0 bridgehead atoms. The van der Waals surface area contributed by atoms with Gasteiger partial charge in [0.05, 0.1) is 0 Å². The molecule has 0 atom stereocenters. The van der Waals surface area contributed by atoms with Crippen molar-refractivity contribution in [2.75, 3.05) is 13.6 Å². The van der Waals surface area contributed by atoms with Gasteiger partial charge in [0.2, 0.25) is 0 Å². The third kappa shape index (κ3) is 8.67. The van der Waals surface area contributed by atoms with Crippen LogP contribution in [0.3, 0.4) is 0 Å². The Hall–Kier alpha value is -1.45. The lowest BCUT2D eigenvalue weighted by Crippen LogP contribution is -2.07. The third-order valence-corrected chi connectivity index (χ3v) is 2.60. The van der Waals surface area contributed by atoms with E-state index >= 15 is 0 Å². The fourth-order valence-electron chi connectivity index (χ4n) is 1.46. The molecular formula is C14H26N4. The summed E-state index contributed by atoms with van der Waals surface area (Å²) >= 11 is 0. The molecular weight excluding hydrogens is 224 g/mol. The van der Waals surface area contributed by atoms with Gasteiger partial charge in [-0.25, -0.2) is 0 Å². The molecule has 18 heavy (non-hydrogen) atoms. The Labute approximate surface area is 111 Å². The van der Waals surface area contributed by atoms with Crippen LogP contribution in [0.1, 0.15) is 45.4 Å². The molecule has 0 aromatic heterocycles. The highest BCUT2D eigenvalue weighted by Crippen LogP contribution is 2.04. The van der Waals surface area contributed by atoms with Crippen LogP contribution in [0.15, 0.2) is 40.1 Å². The maximum Gasteiger partial charge on any atom is 0.178 e. The molecule has 1 N–H and O–H groups in total. The van der Waals surface area contributed by atoms with E-state index in [0.717, 1.165) is 13.0 Å². The molecule has 0 aromatic carbocycles. The SMILES string of the molecule is C=CC(=C)C(/N=N\NCCCCCCCC)=N/C. The van der Waals surface area contributed by atoms with Gasteiger partial charge in [-0.1, -0.05) is 63.5 Å². The predicted molar refractivity (Wildman–Crippen MR) is 78.9 cm³/mol. The molecule has 0 heterocycles. The molecule has 0 spiro atoms. The first-order valence-corrected chi connectivity index (χ1v) is 6.68. The second kappa shape index (κ2) is 12.0. The van der Waals surface area contributed by atoms with Crippen LogP contribution in [0.25, 0.3) is 0 Å². The van der Waals surface area contributed by atoms with E-state index in [2.05, 4.69) is 40.8 Å². The monoisotopic (exact) mass is 250 g/mol. The fourth-order valence-corrected chi connectivity index (χ4v) is 1.46. The molecule has 4 nitrogen and oxygen atoms in total. The summed E-state index contributed by atoms with van der Waals surface area (Å²) in [6.45, 7) is 10.5. The van der Waals surface area contributed by atoms with Crippen molar-refractivity contribution in [1.82, 2.24) is 5.43 Å². The summed E-state index contributed by atoms with van der Waals surface area (Å²) in [5.74, 6) is 0.514. The van der Waals surface area contributed by atoms with Crippen LogP contribution in [0, 0.1) is 0 Å². The van der Waals surface area contributed by atoms with Crippen LogP contribution >= 0.6 is 0 Å². The predicted octanol–water partition coefficient (Wildman–Crippen LogP) is 4.07. The summed E-state index contributed by atoms with van der Waals surface area (Å²) in [4.78, 5) is 3.97. The number of rotatable bonds is 10. The van der Waals surface area contributed by atoms with Gasteiger partial charge in [-0.3, -0.25) is 10.4 Å². The zero-order chi connectivity index (χ0) is 13.6. The lowest BCUT2D eigenvalue weighted by Gasteiger charge is -2.01. The van der Waals surface area contributed by atoms with Gasteiger partial charge in [0.1, 0.15) is 0 Å². The lowest BCUT2D eigenvalue weighted by atomic mass is 10.1. The normalized spacial score (nSPS) is 11.8. The lowest BCUT2D eigenvalue weighted by molar-refractivity contribution is 0.574. The van der Waals surface area contributed by atoms with Crippen molar-refractivity contribution in [3.63, 3.8) is 0 Å². The van der Waals surface area contributed by atoms with Crippen LogP contribution in [0.4, 0.5) is 0 Å². The Balaban J connectivity index is 3.59. The number of hydrogen-bond donors (Lipinski definition) is 1. The number of aliphatic imine (C=N–C) groups is 1. The highest BCUT2D eigenvalue weighted by atomic mass is 15.4. The molecule has 4 heteroatoms. The number of amidine groups is 1. The van der Waals surface area contributed by atoms with Gasteiger partial charge in [-0.2, -0.15) is 0 Å². The molecule has 0 unspecified atom stereocenters. The smallest absolute Gasteiger partial charge is 0.178 e. The fraction of sp³-hybridized carbons (Fsp3) is 0.643.